The number of hydrogen-bond donors (Lipinski definition) is 1. The summed E-state index contributed by atoms with van der Waals surface area (Å²) in [6.45, 7) is 0.0277. The van der Waals surface area contributed by atoms with Crippen LogP contribution in [0.5, 0.6) is 11.5 Å². The third kappa shape index (κ3) is 3.50. The van der Waals surface area contributed by atoms with Gasteiger partial charge >= 0.3 is 0 Å². The van der Waals surface area contributed by atoms with Crippen LogP contribution < -0.4 is 14.8 Å². The van der Waals surface area contributed by atoms with E-state index in [1.807, 2.05) is 6.07 Å². The van der Waals surface area contributed by atoms with Gasteiger partial charge in [-0.1, -0.05) is 24.3 Å². The molecule has 1 atom stereocenters. The topological polar surface area (TPSA) is 77.8 Å². The molecule has 0 radical (unpaired) electrons. The molecule has 0 bridgehead atoms. The van der Waals surface area contributed by atoms with E-state index in [1.54, 1.807) is 42.5 Å². The molecule has 0 saturated carbocycles. The zero-order chi connectivity index (χ0) is 21.4. The molecule has 5 rings (SSSR count). The Morgan fingerprint density at radius 3 is 2.42 bits per heavy atom. The van der Waals surface area contributed by atoms with Crippen molar-refractivity contribution in [2.75, 3.05) is 11.9 Å². The summed E-state index contributed by atoms with van der Waals surface area (Å²) in [6.07, 6.45) is -0.905. The van der Waals surface area contributed by atoms with Crippen LogP contribution in [0.1, 0.15) is 16.1 Å². The molecule has 1 amide bonds. The van der Waals surface area contributed by atoms with Gasteiger partial charge in [-0.2, -0.15) is 0 Å². The lowest BCUT2D eigenvalue weighted by atomic mass is 10.1. The Balaban J connectivity index is 1.48. The number of amides is 1. The lowest BCUT2D eigenvalue weighted by Gasteiger charge is -2.25. The Morgan fingerprint density at radius 1 is 0.903 bits per heavy atom. The molecule has 154 valence electrons. The second-order valence-electron chi connectivity index (χ2n) is 6.99. The maximum absolute atomic E-state index is 13.3. The molecule has 3 aromatic carbocycles. The molecule has 31 heavy (non-hydrogen) atoms. The third-order valence-corrected chi connectivity index (χ3v) is 4.96. The van der Waals surface area contributed by atoms with Crippen molar-refractivity contribution in [2.45, 2.75) is 6.10 Å². The van der Waals surface area contributed by atoms with E-state index in [2.05, 4.69) is 5.32 Å². The van der Waals surface area contributed by atoms with Gasteiger partial charge in [-0.15, -0.1) is 0 Å². The fourth-order valence-electron chi connectivity index (χ4n) is 3.41. The Hall–Kier alpha value is -4.13. The second kappa shape index (κ2) is 7.60. The number of furan rings is 1. The predicted octanol–water partition coefficient (Wildman–Crippen LogP) is 4.58. The van der Waals surface area contributed by atoms with Crippen LogP contribution in [-0.2, 0) is 4.79 Å². The summed E-state index contributed by atoms with van der Waals surface area (Å²) in [5.74, 6) is -0.421. The van der Waals surface area contributed by atoms with Gasteiger partial charge in [0.15, 0.2) is 17.3 Å². The number of anilines is 1. The van der Waals surface area contributed by atoms with Crippen LogP contribution in [0.3, 0.4) is 0 Å². The number of fused-ring (bicyclic) bond motifs is 2. The molecule has 1 N–H and O–H groups in total. The Labute approximate surface area is 176 Å². The maximum Gasteiger partial charge on any atom is 0.269 e. The Kier molecular flexibility index (Phi) is 4.63. The summed E-state index contributed by atoms with van der Waals surface area (Å²) < 4.78 is 30.4. The number of ketones is 1. The highest BCUT2D eigenvalue weighted by Crippen LogP contribution is 2.34. The molecule has 0 spiro atoms. The van der Waals surface area contributed by atoms with Crippen LogP contribution in [0.2, 0.25) is 0 Å². The minimum Gasteiger partial charge on any atom is -0.485 e. The van der Waals surface area contributed by atoms with Gasteiger partial charge in [0.25, 0.3) is 5.91 Å². The molecule has 1 aliphatic heterocycles. The first-order valence-corrected chi connectivity index (χ1v) is 9.61. The molecule has 0 aliphatic carbocycles. The van der Waals surface area contributed by atoms with Crippen LogP contribution in [0.15, 0.2) is 77.2 Å². The first kappa shape index (κ1) is 18.9. The first-order chi connectivity index (χ1) is 15.1. The van der Waals surface area contributed by atoms with Crippen molar-refractivity contribution in [3.8, 4) is 11.5 Å². The molecular formula is C24H16FNO5. The maximum atomic E-state index is 13.3. The van der Waals surface area contributed by atoms with Crippen LogP contribution in [0.25, 0.3) is 11.0 Å². The van der Waals surface area contributed by atoms with Crippen molar-refractivity contribution in [1.29, 1.82) is 0 Å². The minimum atomic E-state index is -0.905. The molecule has 1 aliphatic rings. The average molecular weight is 417 g/mol. The molecule has 4 aromatic rings. The Bertz CT molecular complexity index is 1300. The van der Waals surface area contributed by atoms with Gasteiger partial charge < -0.3 is 19.2 Å². The van der Waals surface area contributed by atoms with E-state index in [-0.39, 0.29) is 23.6 Å². The molecule has 6 nitrogen and oxygen atoms in total. The summed E-state index contributed by atoms with van der Waals surface area (Å²) in [5.41, 5.74) is 0.911. The van der Waals surface area contributed by atoms with Gasteiger partial charge in [0.1, 0.15) is 18.0 Å². The smallest absolute Gasteiger partial charge is 0.269 e. The van der Waals surface area contributed by atoms with Gasteiger partial charge in [0, 0.05) is 10.9 Å². The van der Waals surface area contributed by atoms with Crippen molar-refractivity contribution >= 4 is 28.3 Å². The zero-order valence-corrected chi connectivity index (χ0v) is 16.1. The Morgan fingerprint density at radius 2 is 1.61 bits per heavy atom. The quantitative estimate of drug-likeness (QED) is 0.492. The highest BCUT2D eigenvalue weighted by molar-refractivity contribution is 6.17. The normalized spacial score (nSPS) is 14.9. The number of carbonyl (C=O) groups excluding carboxylic acids is 2. The standard InChI is InChI=1S/C24H16FNO5/c25-15-11-9-14(10-12-15)22(27)23-21(16-5-1-2-6-17(16)31-23)26-24(28)20-13-29-18-7-3-4-8-19(18)30-20/h1-12,20H,13H2,(H,26,28)/t20-/m0/s1. The van der Waals surface area contributed by atoms with E-state index < -0.39 is 23.6 Å². The van der Waals surface area contributed by atoms with Crippen LogP contribution in [0, 0.1) is 5.82 Å². The van der Waals surface area contributed by atoms with Crippen LogP contribution >= 0.6 is 0 Å². The minimum absolute atomic E-state index is 0.0277. The summed E-state index contributed by atoms with van der Waals surface area (Å²) in [5, 5.41) is 3.33. The number of carbonyl (C=O) groups is 2. The third-order valence-electron chi connectivity index (χ3n) is 4.96. The summed E-state index contributed by atoms with van der Waals surface area (Å²) in [6, 6.07) is 19.2. The SMILES string of the molecule is O=C(c1ccc(F)cc1)c1oc2ccccc2c1NC(=O)[C@@H]1COc2ccccc2O1. The first-order valence-electron chi connectivity index (χ1n) is 9.61. The molecule has 0 unspecified atom stereocenters. The van der Waals surface area contributed by atoms with Crippen molar-refractivity contribution in [2.24, 2.45) is 0 Å². The van der Waals surface area contributed by atoms with E-state index in [1.165, 1.54) is 24.3 Å². The molecule has 0 saturated heterocycles. The highest BCUT2D eigenvalue weighted by atomic mass is 19.1. The van der Waals surface area contributed by atoms with E-state index >= 15 is 0 Å². The second-order valence-corrected chi connectivity index (χ2v) is 6.99. The number of para-hydroxylation sites is 3. The lowest BCUT2D eigenvalue weighted by Crippen LogP contribution is -2.40. The van der Waals surface area contributed by atoms with Gasteiger partial charge in [-0.3, -0.25) is 9.59 Å². The molecular weight excluding hydrogens is 401 g/mol. The predicted molar refractivity (Wildman–Crippen MR) is 111 cm³/mol. The van der Waals surface area contributed by atoms with E-state index in [9.17, 15) is 14.0 Å². The van der Waals surface area contributed by atoms with Gasteiger partial charge in [0.2, 0.25) is 11.9 Å². The van der Waals surface area contributed by atoms with Crippen molar-refractivity contribution in [3.63, 3.8) is 0 Å². The monoisotopic (exact) mass is 417 g/mol. The number of nitrogens with one attached hydrogen (secondary N) is 1. The van der Waals surface area contributed by atoms with Gasteiger partial charge in [-0.05, 0) is 48.5 Å². The largest absolute Gasteiger partial charge is 0.485 e. The van der Waals surface area contributed by atoms with Crippen LogP contribution in [-0.4, -0.2) is 24.4 Å². The number of benzene rings is 3. The number of rotatable bonds is 4. The average Bonchev–Trinajstić information content (AvgIpc) is 3.17. The lowest BCUT2D eigenvalue weighted by molar-refractivity contribution is -0.125. The van der Waals surface area contributed by atoms with Crippen LogP contribution in [0.4, 0.5) is 10.1 Å². The fourth-order valence-corrected chi connectivity index (χ4v) is 3.41. The number of halogens is 1. The van der Waals surface area contributed by atoms with E-state index in [0.29, 0.717) is 22.5 Å². The number of hydrogen-bond acceptors (Lipinski definition) is 5. The fraction of sp³-hybridized carbons (Fsp3) is 0.0833. The molecule has 1 aromatic heterocycles. The van der Waals surface area contributed by atoms with Gasteiger partial charge in [0.05, 0.1) is 5.69 Å². The zero-order valence-electron chi connectivity index (χ0n) is 16.1. The summed E-state index contributed by atoms with van der Waals surface area (Å²) in [7, 11) is 0. The summed E-state index contributed by atoms with van der Waals surface area (Å²) >= 11 is 0. The van der Waals surface area contributed by atoms with E-state index in [4.69, 9.17) is 13.9 Å². The van der Waals surface area contributed by atoms with E-state index in [0.717, 1.165) is 0 Å². The van der Waals surface area contributed by atoms with Gasteiger partial charge in [-0.25, -0.2) is 4.39 Å². The highest BCUT2D eigenvalue weighted by Gasteiger charge is 2.30. The van der Waals surface area contributed by atoms with Crippen molar-refractivity contribution in [3.05, 3.63) is 89.9 Å². The molecule has 0 fully saturated rings. The molecule has 2 heterocycles. The van der Waals surface area contributed by atoms with Crippen molar-refractivity contribution < 1.29 is 27.9 Å². The molecule has 7 heteroatoms. The summed E-state index contributed by atoms with van der Waals surface area (Å²) in [4.78, 5) is 26.0. The van der Waals surface area contributed by atoms with Crippen molar-refractivity contribution in [1.82, 2.24) is 0 Å². The number of ether oxygens (including phenoxy) is 2.